The van der Waals surface area contributed by atoms with Crippen LogP contribution in [-0.2, 0) is 27.0 Å². The SMILES string of the molecule is CCc1cccc(C)c1NC(=O)C1CCN(S(=O)(=O)Cc2cccc(Br)c2)CC1. The highest BCUT2D eigenvalue weighted by molar-refractivity contribution is 9.10. The molecule has 0 unspecified atom stereocenters. The van der Waals surface area contributed by atoms with Crippen molar-refractivity contribution in [2.75, 3.05) is 18.4 Å². The van der Waals surface area contributed by atoms with Crippen molar-refractivity contribution in [1.29, 1.82) is 0 Å². The first-order chi connectivity index (χ1) is 13.8. The van der Waals surface area contributed by atoms with Crippen LogP contribution >= 0.6 is 15.9 Å². The van der Waals surface area contributed by atoms with Crippen molar-refractivity contribution in [3.8, 4) is 0 Å². The number of carbonyl (C=O) groups excluding carboxylic acids is 1. The molecule has 1 heterocycles. The van der Waals surface area contributed by atoms with Gasteiger partial charge in [0.15, 0.2) is 0 Å². The van der Waals surface area contributed by atoms with Crippen molar-refractivity contribution in [1.82, 2.24) is 4.31 Å². The van der Waals surface area contributed by atoms with E-state index in [0.29, 0.717) is 25.9 Å². The molecule has 156 valence electrons. The van der Waals surface area contributed by atoms with Crippen LogP contribution in [0.4, 0.5) is 5.69 Å². The second kappa shape index (κ2) is 9.41. The zero-order chi connectivity index (χ0) is 21.0. The lowest BCUT2D eigenvalue weighted by Crippen LogP contribution is -2.42. The number of piperidine rings is 1. The van der Waals surface area contributed by atoms with E-state index in [2.05, 4.69) is 28.2 Å². The predicted molar refractivity (Wildman–Crippen MR) is 120 cm³/mol. The molecule has 2 aromatic rings. The Balaban J connectivity index is 1.61. The van der Waals surface area contributed by atoms with Gasteiger partial charge in [-0.05, 0) is 55.0 Å². The number of benzene rings is 2. The fraction of sp³-hybridized carbons (Fsp3) is 0.409. The lowest BCUT2D eigenvalue weighted by Gasteiger charge is -2.31. The average Bonchev–Trinajstić information content (AvgIpc) is 2.69. The summed E-state index contributed by atoms with van der Waals surface area (Å²) in [6.07, 6.45) is 1.93. The van der Waals surface area contributed by atoms with Crippen LogP contribution in [0.2, 0.25) is 0 Å². The van der Waals surface area contributed by atoms with E-state index in [9.17, 15) is 13.2 Å². The largest absolute Gasteiger partial charge is 0.325 e. The average molecular weight is 479 g/mol. The van der Waals surface area contributed by atoms with Crippen LogP contribution in [0.15, 0.2) is 46.9 Å². The third-order valence-electron chi connectivity index (χ3n) is 5.44. The molecule has 0 bridgehead atoms. The van der Waals surface area contributed by atoms with Gasteiger partial charge in [-0.1, -0.05) is 53.2 Å². The Morgan fingerprint density at radius 2 is 1.86 bits per heavy atom. The minimum atomic E-state index is -3.40. The topological polar surface area (TPSA) is 66.5 Å². The summed E-state index contributed by atoms with van der Waals surface area (Å²) < 4.78 is 27.9. The summed E-state index contributed by atoms with van der Waals surface area (Å²) in [6.45, 7) is 4.82. The zero-order valence-electron chi connectivity index (χ0n) is 16.8. The number of carbonyl (C=O) groups is 1. The van der Waals surface area contributed by atoms with Crippen molar-refractivity contribution >= 4 is 37.5 Å². The van der Waals surface area contributed by atoms with E-state index in [1.807, 2.05) is 49.4 Å². The van der Waals surface area contributed by atoms with Gasteiger partial charge in [-0.15, -0.1) is 0 Å². The second-order valence-electron chi connectivity index (χ2n) is 7.51. The minimum Gasteiger partial charge on any atom is -0.325 e. The molecule has 5 nitrogen and oxygen atoms in total. The molecule has 1 aliphatic heterocycles. The van der Waals surface area contributed by atoms with E-state index in [4.69, 9.17) is 0 Å². The number of hydrogen-bond donors (Lipinski definition) is 1. The molecule has 0 aliphatic carbocycles. The Morgan fingerprint density at radius 1 is 1.17 bits per heavy atom. The summed E-state index contributed by atoms with van der Waals surface area (Å²) in [5, 5.41) is 3.09. The van der Waals surface area contributed by atoms with Crippen molar-refractivity contribution in [3.05, 3.63) is 63.6 Å². The molecule has 0 atom stereocenters. The van der Waals surface area contributed by atoms with Gasteiger partial charge in [-0.3, -0.25) is 4.79 Å². The molecular formula is C22H27BrN2O3S. The van der Waals surface area contributed by atoms with Gasteiger partial charge in [-0.2, -0.15) is 0 Å². The maximum absolute atomic E-state index is 12.8. The highest BCUT2D eigenvalue weighted by Gasteiger charge is 2.31. The molecule has 1 amide bonds. The minimum absolute atomic E-state index is 0.0157. The van der Waals surface area contributed by atoms with E-state index in [1.54, 1.807) is 0 Å². The van der Waals surface area contributed by atoms with E-state index < -0.39 is 10.0 Å². The molecule has 1 saturated heterocycles. The molecular weight excluding hydrogens is 452 g/mol. The normalized spacial score (nSPS) is 16.0. The quantitative estimate of drug-likeness (QED) is 0.664. The Kier molecular flexibility index (Phi) is 7.14. The van der Waals surface area contributed by atoms with E-state index in [-0.39, 0.29) is 17.6 Å². The number of sulfonamides is 1. The number of amides is 1. The number of halogens is 1. The number of anilines is 1. The number of aryl methyl sites for hydroxylation is 2. The maximum Gasteiger partial charge on any atom is 0.227 e. The van der Waals surface area contributed by atoms with Gasteiger partial charge in [0, 0.05) is 29.2 Å². The molecule has 1 aliphatic rings. The number of nitrogens with zero attached hydrogens (tertiary/aromatic N) is 1. The van der Waals surface area contributed by atoms with Gasteiger partial charge in [0.25, 0.3) is 0 Å². The molecule has 0 spiro atoms. The summed E-state index contributed by atoms with van der Waals surface area (Å²) >= 11 is 3.38. The zero-order valence-corrected chi connectivity index (χ0v) is 19.2. The molecule has 29 heavy (non-hydrogen) atoms. The summed E-state index contributed by atoms with van der Waals surface area (Å²) in [4.78, 5) is 12.8. The summed E-state index contributed by atoms with van der Waals surface area (Å²) in [5.74, 6) is -0.207. The van der Waals surface area contributed by atoms with Crippen molar-refractivity contribution < 1.29 is 13.2 Å². The highest BCUT2D eigenvalue weighted by atomic mass is 79.9. The van der Waals surface area contributed by atoms with E-state index in [1.165, 1.54) is 4.31 Å². The van der Waals surface area contributed by atoms with Crippen LogP contribution in [0.25, 0.3) is 0 Å². The molecule has 1 N–H and O–H groups in total. The second-order valence-corrected chi connectivity index (χ2v) is 10.4. The number of para-hydroxylation sites is 1. The van der Waals surface area contributed by atoms with Crippen LogP contribution in [0.1, 0.15) is 36.5 Å². The van der Waals surface area contributed by atoms with Crippen LogP contribution < -0.4 is 5.32 Å². The molecule has 0 radical (unpaired) electrons. The van der Waals surface area contributed by atoms with Gasteiger partial charge in [0.1, 0.15) is 0 Å². The smallest absolute Gasteiger partial charge is 0.227 e. The van der Waals surface area contributed by atoms with Gasteiger partial charge in [0.2, 0.25) is 15.9 Å². The lowest BCUT2D eigenvalue weighted by molar-refractivity contribution is -0.120. The molecule has 0 aromatic heterocycles. The monoisotopic (exact) mass is 478 g/mol. The summed E-state index contributed by atoms with van der Waals surface area (Å²) in [5.41, 5.74) is 3.81. The third-order valence-corrected chi connectivity index (χ3v) is 7.79. The van der Waals surface area contributed by atoms with Gasteiger partial charge < -0.3 is 5.32 Å². The molecule has 0 saturated carbocycles. The van der Waals surface area contributed by atoms with Crippen molar-refractivity contribution in [2.45, 2.75) is 38.9 Å². The first-order valence-electron chi connectivity index (χ1n) is 9.91. The maximum atomic E-state index is 12.8. The molecule has 1 fully saturated rings. The first kappa shape index (κ1) is 22.0. The number of nitrogens with one attached hydrogen (secondary N) is 1. The van der Waals surface area contributed by atoms with E-state index in [0.717, 1.165) is 33.3 Å². The Bertz CT molecular complexity index is 983. The first-order valence-corrected chi connectivity index (χ1v) is 12.3. The fourth-order valence-electron chi connectivity index (χ4n) is 3.75. The summed E-state index contributed by atoms with van der Waals surface area (Å²) in [7, 11) is -3.40. The Morgan fingerprint density at radius 3 is 2.52 bits per heavy atom. The van der Waals surface area contributed by atoms with E-state index >= 15 is 0 Å². The van der Waals surface area contributed by atoms with Crippen LogP contribution in [0, 0.1) is 12.8 Å². The molecule has 3 rings (SSSR count). The number of hydrogen-bond acceptors (Lipinski definition) is 3. The standard InChI is InChI=1S/C22H27BrN2O3S/c1-3-18-8-4-6-16(2)21(18)24-22(26)19-10-12-25(13-11-19)29(27,28)15-17-7-5-9-20(23)14-17/h4-9,14,19H,3,10-13,15H2,1-2H3,(H,24,26). The van der Waals surface area contributed by atoms with Crippen LogP contribution in [-0.4, -0.2) is 31.7 Å². The molecule has 2 aromatic carbocycles. The fourth-order valence-corrected chi connectivity index (χ4v) is 5.75. The van der Waals surface area contributed by atoms with Gasteiger partial charge >= 0.3 is 0 Å². The summed E-state index contributed by atoms with van der Waals surface area (Å²) in [6, 6.07) is 13.4. The van der Waals surface area contributed by atoms with Gasteiger partial charge in [-0.25, -0.2) is 12.7 Å². The van der Waals surface area contributed by atoms with Crippen LogP contribution in [0.5, 0.6) is 0 Å². The number of rotatable bonds is 6. The predicted octanol–water partition coefficient (Wildman–Crippen LogP) is 4.50. The third kappa shape index (κ3) is 5.47. The van der Waals surface area contributed by atoms with Gasteiger partial charge in [0.05, 0.1) is 5.75 Å². The highest BCUT2D eigenvalue weighted by Crippen LogP contribution is 2.26. The van der Waals surface area contributed by atoms with Crippen LogP contribution in [0.3, 0.4) is 0 Å². The molecule has 7 heteroatoms. The Labute approximate surface area is 181 Å². The van der Waals surface area contributed by atoms with Crippen molar-refractivity contribution in [3.63, 3.8) is 0 Å². The Hall–Kier alpha value is -1.70. The van der Waals surface area contributed by atoms with Crippen molar-refractivity contribution in [2.24, 2.45) is 5.92 Å². The lowest BCUT2D eigenvalue weighted by atomic mass is 9.96.